The van der Waals surface area contributed by atoms with Crippen molar-refractivity contribution in [3.8, 4) is 0 Å². The first kappa shape index (κ1) is 16.8. The average molecular weight is 289 g/mol. The van der Waals surface area contributed by atoms with Crippen LogP contribution in [-0.4, -0.2) is 36.1 Å². The van der Waals surface area contributed by atoms with Gasteiger partial charge in [-0.15, -0.1) is 0 Å². The molecule has 0 N–H and O–H groups in total. The Morgan fingerprint density at radius 1 is 1.33 bits per heavy atom. The Hall–Kier alpha value is 0.761. The van der Waals surface area contributed by atoms with Crippen molar-refractivity contribution in [1.82, 2.24) is 4.90 Å². The zero-order valence-electron chi connectivity index (χ0n) is 11.1. The fraction of sp³-hybridized carbons (Fsp3) is 0.900. The van der Waals surface area contributed by atoms with Crippen molar-refractivity contribution >= 4 is 13.1 Å². The first-order chi connectivity index (χ1) is 7.59. The summed E-state index contributed by atoms with van der Waals surface area (Å²) in [5.74, 6) is -1.95. The van der Waals surface area contributed by atoms with Crippen LogP contribution < -0.4 is 51.4 Å². The van der Waals surface area contributed by atoms with Crippen LogP contribution in [0.1, 0.15) is 27.2 Å². The third-order valence-electron chi connectivity index (χ3n) is 3.22. The number of likely N-dealkylation sites (tertiary alicyclic amines) is 1. The number of piperidine rings is 1. The Balaban J connectivity index is 0.00000162. The van der Waals surface area contributed by atoms with Crippen LogP contribution in [-0.2, 0) is 4.74 Å². The van der Waals surface area contributed by atoms with E-state index in [-0.39, 0.29) is 69.8 Å². The first-order valence-corrected chi connectivity index (χ1v) is 5.79. The van der Waals surface area contributed by atoms with Gasteiger partial charge in [-0.3, -0.25) is 0 Å². The molecule has 1 heterocycles. The van der Waals surface area contributed by atoms with Crippen molar-refractivity contribution in [3.05, 3.63) is 0 Å². The van der Waals surface area contributed by atoms with Gasteiger partial charge in [-0.25, -0.2) is 4.79 Å². The van der Waals surface area contributed by atoms with Gasteiger partial charge >= 0.3 is 64.5 Å². The molecule has 3 atom stereocenters. The van der Waals surface area contributed by atoms with Gasteiger partial charge < -0.3 is 22.6 Å². The van der Waals surface area contributed by atoms with Crippen molar-refractivity contribution < 1.29 is 73.9 Å². The number of hydrogen-bond donors (Lipinski definition) is 0. The minimum absolute atomic E-state index is 0. The second-order valence-electron chi connectivity index (χ2n) is 5.91. The first-order valence-electron chi connectivity index (χ1n) is 5.79. The van der Waals surface area contributed by atoms with E-state index in [2.05, 4.69) is 0 Å². The molecule has 1 aliphatic carbocycles. The molecule has 0 bridgehead atoms. The Bertz CT molecular complexity index is 345. The van der Waals surface area contributed by atoms with Crippen molar-refractivity contribution in [2.75, 3.05) is 6.54 Å². The number of halogens is 3. The molecule has 0 spiro atoms. The van der Waals surface area contributed by atoms with Gasteiger partial charge in [0.2, 0.25) is 0 Å². The smallest absolute Gasteiger partial charge is 0.448 e. The fourth-order valence-electron chi connectivity index (χ4n) is 2.51. The summed E-state index contributed by atoms with van der Waals surface area (Å²) in [7, 11) is 0. The van der Waals surface area contributed by atoms with Gasteiger partial charge in [-0.2, -0.15) is 0 Å². The molecule has 1 amide bonds. The van der Waals surface area contributed by atoms with E-state index < -0.39 is 24.6 Å². The maximum atomic E-state index is 12.9. The largest absolute Gasteiger partial charge is 1.00 e. The summed E-state index contributed by atoms with van der Waals surface area (Å²) in [5.41, 5.74) is -0.757. The number of ether oxygens (including phenoxy) is 1. The molecule has 1 saturated heterocycles. The molecule has 0 radical (unpaired) electrons. The van der Waals surface area contributed by atoms with Crippen molar-refractivity contribution in [2.45, 2.75) is 38.7 Å². The quantitative estimate of drug-likeness (QED) is 0.617. The Morgan fingerprint density at radius 3 is 2.33 bits per heavy atom. The number of amides is 1. The number of nitrogens with zero attached hydrogens (tertiary/aromatic N) is 1. The molecule has 0 aromatic rings. The minimum atomic E-state index is -5.01. The molecule has 2 aliphatic rings. The molecule has 8 heteroatoms. The van der Waals surface area contributed by atoms with E-state index >= 15 is 0 Å². The van der Waals surface area contributed by atoms with Crippen molar-refractivity contribution in [1.29, 1.82) is 0 Å². The van der Waals surface area contributed by atoms with E-state index in [9.17, 15) is 17.7 Å². The van der Waals surface area contributed by atoms with Crippen molar-refractivity contribution in [2.24, 2.45) is 11.8 Å². The molecule has 2 fully saturated rings. The van der Waals surface area contributed by atoms with Gasteiger partial charge in [0.25, 0.3) is 0 Å². The molecular formula is C10H16BF3KNO2. The summed E-state index contributed by atoms with van der Waals surface area (Å²) >= 11 is 0. The van der Waals surface area contributed by atoms with Gasteiger partial charge in [0.05, 0.1) is 0 Å². The third kappa shape index (κ3) is 3.65. The summed E-state index contributed by atoms with van der Waals surface area (Å²) in [6.07, 6.45) is -0.250. The van der Waals surface area contributed by atoms with Gasteiger partial charge in [0.15, 0.2) is 0 Å². The van der Waals surface area contributed by atoms with Crippen LogP contribution in [0.3, 0.4) is 0 Å². The van der Waals surface area contributed by atoms with Crippen LogP contribution >= 0.6 is 0 Å². The summed E-state index contributed by atoms with van der Waals surface area (Å²) in [5, 5.41) is 0. The van der Waals surface area contributed by atoms with Crippen LogP contribution in [0.4, 0.5) is 17.7 Å². The van der Waals surface area contributed by atoms with Crippen molar-refractivity contribution in [3.63, 3.8) is 0 Å². The molecule has 98 valence electrons. The SMILES string of the molecule is CC(C)(C)OC(=O)N1CC2CC2C1[B-](F)(F)F.[K+]. The summed E-state index contributed by atoms with van der Waals surface area (Å²) in [4.78, 5) is 12.6. The van der Waals surface area contributed by atoms with E-state index in [0.717, 1.165) is 4.90 Å². The van der Waals surface area contributed by atoms with Gasteiger partial charge in [-0.05, 0) is 39.0 Å². The summed E-state index contributed by atoms with van der Waals surface area (Å²) in [6, 6.07) is 0. The average Bonchev–Trinajstić information content (AvgIpc) is 2.70. The second-order valence-corrected chi connectivity index (χ2v) is 5.91. The summed E-state index contributed by atoms with van der Waals surface area (Å²) in [6.45, 7) is 0.116. The Morgan fingerprint density at radius 2 is 1.89 bits per heavy atom. The summed E-state index contributed by atoms with van der Waals surface area (Å²) < 4.78 is 43.7. The molecule has 0 aromatic carbocycles. The van der Waals surface area contributed by atoms with E-state index in [1.54, 1.807) is 20.8 Å². The van der Waals surface area contributed by atoms with E-state index in [0.29, 0.717) is 6.42 Å². The molecule has 0 aromatic heterocycles. The maximum absolute atomic E-state index is 12.9. The second kappa shape index (κ2) is 5.27. The number of fused-ring (bicyclic) bond motifs is 1. The minimum Gasteiger partial charge on any atom is -0.448 e. The monoisotopic (exact) mass is 289 g/mol. The molecule has 1 saturated carbocycles. The number of carbonyl (C=O) groups excluding carboxylic acids is 1. The zero-order chi connectivity index (χ0) is 13.0. The predicted molar refractivity (Wildman–Crippen MR) is 57.4 cm³/mol. The van der Waals surface area contributed by atoms with Gasteiger partial charge in [0.1, 0.15) is 5.60 Å². The van der Waals surface area contributed by atoms with E-state index in [1.165, 1.54) is 0 Å². The Kier molecular flexibility index (Phi) is 4.93. The standard InChI is InChI=1S/C10H16BF3NO2.K/c1-10(2,3)17-9(16)15-5-6-4-7(6)8(15)11(12,13)14;/h6-8H,4-5H2,1-3H3;/q-1;+1. The number of carbonyl (C=O) groups is 1. The molecule has 3 unspecified atom stereocenters. The molecule has 1 aliphatic heterocycles. The van der Waals surface area contributed by atoms with E-state index in [4.69, 9.17) is 4.74 Å². The van der Waals surface area contributed by atoms with Crippen LogP contribution in [0.25, 0.3) is 0 Å². The molecule has 18 heavy (non-hydrogen) atoms. The van der Waals surface area contributed by atoms with Crippen LogP contribution in [0.2, 0.25) is 0 Å². The van der Waals surface area contributed by atoms with Crippen LogP contribution in [0.15, 0.2) is 0 Å². The normalized spacial score (nSPS) is 30.6. The molecular weight excluding hydrogens is 273 g/mol. The third-order valence-corrected chi connectivity index (χ3v) is 3.22. The zero-order valence-corrected chi connectivity index (χ0v) is 14.2. The van der Waals surface area contributed by atoms with Gasteiger partial charge in [0, 0.05) is 12.5 Å². The van der Waals surface area contributed by atoms with E-state index in [1.807, 2.05) is 0 Å². The molecule has 2 rings (SSSR count). The number of rotatable bonds is 1. The van der Waals surface area contributed by atoms with Crippen LogP contribution in [0, 0.1) is 11.8 Å². The fourth-order valence-corrected chi connectivity index (χ4v) is 2.51. The number of hydrogen-bond acceptors (Lipinski definition) is 2. The topological polar surface area (TPSA) is 29.5 Å². The predicted octanol–water partition coefficient (Wildman–Crippen LogP) is -0.368. The van der Waals surface area contributed by atoms with Crippen LogP contribution in [0.5, 0.6) is 0 Å². The maximum Gasteiger partial charge on any atom is 1.00 e. The van der Waals surface area contributed by atoms with Gasteiger partial charge in [-0.1, -0.05) is 0 Å². The molecule has 3 nitrogen and oxygen atoms in total. The Labute approximate surface area is 147 Å².